The van der Waals surface area contributed by atoms with Gasteiger partial charge in [0.1, 0.15) is 11.5 Å². The number of hydrogen-bond donors (Lipinski definition) is 1. The Morgan fingerprint density at radius 1 is 1.41 bits per heavy atom. The van der Waals surface area contributed by atoms with Crippen LogP contribution in [-0.4, -0.2) is 36.3 Å². The smallest absolute Gasteiger partial charge is 0.333 e. The van der Waals surface area contributed by atoms with E-state index in [-0.39, 0.29) is 13.2 Å². The number of halogens is 2. The predicted octanol–water partition coefficient (Wildman–Crippen LogP) is 0.837. The van der Waals surface area contributed by atoms with E-state index in [4.69, 9.17) is 5.11 Å². The van der Waals surface area contributed by atoms with Crippen molar-refractivity contribution >= 4 is 0 Å². The van der Waals surface area contributed by atoms with E-state index in [1.807, 2.05) is 0 Å². The Morgan fingerprint density at radius 3 is 2.76 bits per heavy atom. The molecule has 0 atom stereocenters. The number of aryl methyl sites for hydroxylation is 1. The third-order valence-electron chi connectivity index (χ3n) is 2.13. The van der Waals surface area contributed by atoms with Crippen molar-refractivity contribution in [2.24, 2.45) is 0 Å². The molecule has 2 rings (SSSR count). The number of aliphatic hydroxyl groups is 1. The number of aromatic nitrogens is 5. The minimum atomic E-state index is -2.68. The van der Waals surface area contributed by atoms with Gasteiger partial charge < -0.3 is 5.11 Å². The highest BCUT2D eigenvalue weighted by Crippen LogP contribution is 2.17. The highest BCUT2D eigenvalue weighted by Gasteiger charge is 2.14. The van der Waals surface area contributed by atoms with Crippen LogP contribution in [0.15, 0.2) is 12.3 Å². The highest BCUT2D eigenvalue weighted by atomic mass is 19.3. The molecule has 0 aliphatic carbocycles. The fourth-order valence-corrected chi connectivity index (χ4v) is 1.46. The summed E-state index contributed by atoms with van der Waals surface area (Å²) in [6.07, 6.45) is 1.17. The number of nitrogens with zero attached hydrogens (tertiary/aromatic N) is 5. The van der Waals surface area contributed by atoms with Gasteiger partial charge in [-0.2, -0.15) is 19.0 Å². The summed E-state index contributed by atoms with van der Waals surface area (Å²) in [4.78, 5) is 4.09. The van der Waals surface area contributed by atoms with Crippen LogP contribution >= 0.6 is 0 Å². The Kier molecular flexibility index (Phi) is 3.14. The standard InChI is InChI=1S/C9H11F2N5O/c1-6-12-8(15(13-6)4-5-17)7-2-3-16(14-7)9(10)11/h2-3,9,17H,4-5H2,1H3. The first-order chi connectivity index (χ1) is 8.11. The molecular weight excluding hydrogens is 232 g/mol. The van der Waals surface area contributed by atoms with Crippen LogP contribution in [0.1, 0.15) is 12.4 Å². The molecule has 0 aliphatic heterocycles. The third-order valence-corrected chi connectivity index (χ3v) is 2.13. The average molecular weight is 243 g/mol. The van der Waals surface area contributed by atoms with Crippen molar-refractivity contribution in [1.82, 2.24) is 24.5 Å². The Bertz CT molecular complexity index is 507. The normalized spacial score (nSPS) is 11.4. The molecule has 0 radical (unpaired) electrons. The van der Waals surface area contributed by atoms with E-state index in [1.54, 1.807) is 6.92 Å². The topological polar surface area (TPSA) is 68.8 Å². The molecule has 92 valence electrons. The lowest BCUT2D eigenvalue weighted by Gasteiger charge is -2.01. The fraction of sp³-hybridized carbons (Fsp3) is 0.444. The van der Waals surface area contributed by atoms with E-state index >= 15 is 0 Å². The molecular formula is C9H11F2N5O. The van der Waals surface area contributed by atoms with Crippen LogP contribution in [0.4, 0.5) is 8.78 Å². The second-order valence-corrected chi connectivity index (χ2v) is 3.39. The number of rotatable bonds is 4. The molecule has 17 heavy (non-hydrogen) atoms. The molecule has 0 aromatic carbocycles. The van der Waals surface area contributed by atoms with E-state index in [1.165, 1.54) is 16.9 Å². The summed E-state index contributed by atoms with van der Waals surface area (Å²) in [6.45, 7) is -0.857. The largest absolute Gasteiger partial charge is 0.394 e. The minimum Gasteiger partial charge on any atom is -0.394 e. The minimum absolute atomic E-state index is 0.106. The van der Waals surface area contributed by atoms with Gasteiger partial charge in [0.2, 0.25) is 0 Å². The van der Waals surface area contributed by atoms with Crippen LogP contribution in [0, 0.1) is 6.92 Å². The van der Waals surface area contributed by atoms with Crippen LogP contribution in [-0.2, 0) is 6.54 Å². The first kappa shape index (κ1) is 11.6. The summed E-state index contributed by atoms with van der Waals surface area (Å²) in [5.41, 5.74) is 0.305. The Balaban J connectivity index is 2.37. The summed E-state index contributed by atoms with van der Waals surface area (Å²) in [6, 6.07) is 1.43. The fourth-order valence-electron chi connectivity index (χ4n) is 1.46. The molecule has 0 fully saturated rings. The van der Waals surface area contributed by atoms with Crippen molar-refractivity contribution in [3.8, 4) is 11.5 Å². The average Bonchev–Trinajstić information content (AvgIpc) is 2.85. The van der Waals surface area contributed by atoms with Crippen molar-refractivity contribution in [1.29, 1.82) is 0 Å². The molecule has 2 heterocycles. The van der Waals surface area contributed by atoms with Gasteiger partial charge >= 0.3 is 6.55 Å². The summed E-state index contributed by atoms with van der Waals surface area (Å²) in [5, 5.41) is 16.6. The highest BCUT2D eigenvalue weighted by molar-refractivity contribution is 5.48. The van der Waals surface area contributed by atoms with Gasteiger partial charge in [0, 0.05) is 6.20 Å². The van der Waals surface area contributed by atoms with Crippen molar-refractivity contribution < 1.29 is 13.9 Å². The Hall–Kier alpha value is -1.83. The lowest BCUT2D eigenvalue weighted by molar-refractivity contribution is 0.0568. The monoisotopic (exact) mass is 243 g/mol. The van der Waals surface area contributed by atoms with Gasteiger partial charge in [-0.05, 0) is 13.0 Å². The zero-order valence-corrected chi connectivity index (χ0v) is 9.09. The Morgan fingerprint density at radius 2 is 2.18 bits per heavy atom. The van der Waals surface area contributed by atoms with Crippen molar-refractivity contribution in [2.45, 2.75) is 20.0 Å². The van der Waals surface area contributed by atoms with E-state index in [2.05, 4.69) is 15.2 Å². The van der Waals surface area contributed by atoms with E-state index in [9.17, 15) is 8.78 Å². The maximum Gasteiger partial charge on any atom is 0.333 e. The van der Waals surface area contributed by atoms with Crippen molar-refractivity contribution in [3.05, 3.63) is 18.1 Å². The van der Waals surface area contributed by atoms with Gasteiger partial charge in [-0.3, -0.25) is 0 Å². The molecule has 6 nitrogen and oxygen atoms in total. The number of aliphatic hydroxyl groups excluding tert-OH is 1. The summed E-state index contributed by atoms with van der Waals surface area (Å²) >= 11 is 0. The first-order valence-electron chi connectivity index (χ1n) is 4.98. The van der Waals surface area contributed by atoms with Gasteiger partial charge in [0.15, 0.2) is 5.82 Å². The molecule has 0 bridgehead atoms. The maximum absolute atomic E-state index is 12.4. The van der Waals surface area contributed by atoms with Crippen LogP contribution < -0.4 is 0 Å². The molecule has 2 aromatic heterocycles. The molecule has 0 amide bonds. The van der Waals surface area contributed by atoms with Crippen molar-refractivity contribution in [3.63, 3.8) is 0 Å². The summed E-state index contributed by atoms with van der Waals surface area (Å²) < 4.78 is 26.7. The van der Waals surface area contributed by atoms with Crippen molar-refractivity contribution in [2.75, 3.05) is 6.61 Å². The van der Waals surface area contributed by atoms with Gasteiger partial charge in [-0.1, -0.05) is 0 Å². The Labute approximate surface area is 95.5 Å². The molecule has 0 saturated carbocycles. The van der Waals surface area contributed by atoms with Crippen LogP contribution in [0.5, 0.6) is 0 Å². The molecule has 1 N–H and O–H groups in total. The van der Waals surface area contributed by atoms with E-state index in [0.717, 1.165) is 0 Å². The molecule has 0 saturated heterocycles. The lowest BCUT2D eigenvalue weighted by atomic mass is 10.4. The van der Waals surface area contributed by atoms with E-state index in [0.29, 0.717) is 22.0 Å². The summed E-state index contributed by atoms with van der Waals surface area (Å²) in [5.74, 6) is 0.871. The molecule has 0 spiro atoms. The van der Waals surface area contributed by atoms with Gasteiger partial charge in [0.25, 0.3) is 0 Å². The van der Waals surface area contributed by atoms with Gasteiger partial charge in [0.05, 0.1) is 13.2 Å². The number of hydrogen-bond acceptors (Lipinski definition) is 4. The first-order valence-corrected chi connectivity index (χ1v) is 4.98. The maximum atomic E-state index is 12.4. The van der Waals surface area contributed by atoms with Crippen LogP contribution in [0.25, 0.3) is 11.5 Å². The zero-order valence-electron chi connectivity index (χ0n) is 9.09. The molecule has 0 aliphatic rings. The lowest BCUT2D eigenvalue weighted by Crippen LogP contribution is -2.07. The molecule has 8 heteroatoms. The van der Waals surface area contributed by atoms with Gasteiger partial charge in [-0.25, -0.2) is 14.3 Å². The van der Waals surface area contributed by atoms with Gasteiger partial charge in [-0.15, -0.1) is 0 Å². The third kappa shape index (κ3) is 2.31. The predicted molar refractivity (Wildman–Crippen MR) is 54.3 cm³/mol. The van der Waals surface area contributed by atoms with Crippen LogP contribution in [0.2, 0.25) is 0 Å². The number of alkyl halides is 2. The second kappa shape index (κ2) is 4.58. The van der Waals surface area contributed by atoms with Crippen LogP contribution in [0.3, 0.4) is 0 Å². The quantitative estimate of drug-likeness (QED) is 0.863. The zero-order chi connectivity index (χ0) is 12.4. The van der Waals surface area contributed by atoms with E-state index < -0.39 is 6.55 Å². The molecule has 0 unspecified atom stereocenters. The second-order valence-electron chi connectivity index (χ2n) is 3.39. The summed E-state index contributed by atoms with van der Waals surface area (Å²) in [7, 11) is 0. The molecule has 2 aromatic rings. The SMILES string of the molecule is Cc1nc(-c2ccn(C(F)F)n2)n(CCO)n1.